The average molecular weight is 343 g/mol. The maximum absolute atomic E-state index is 13.8. The molecule has 6 nitrogen and oxygen atoms in total. The first-order valence-corrected chi connectivity index (χ1v) is 8.52. The van der Waals surface area contributed by atoms with Crippen LogP contribution < -0.4 is 5.32 Å². The first kappa shape index (κ1) is 20.5. The highest BCUT2D eigenvalue weighted by Gasteiger charge is 2.45. The third kappa shape index (κ3) is 6.19. The largest absolute Gasteiger partial charge is 0.389 e. The van der Waals surface area contributed by atoms with Gasteiger partial charge in [-0.25, -0.2) is 4.39 Å². The molecule has 0 spiro atoms. The number of β-amino-alcohol motifs (C(OH)–C–C–N with tert-alkyl or cyclic N) is 1. The number of aliphatic hydroxyl groups is 1. The summed E-state index contributed by atoms with van der Waals surface area (Å²) in [5.74, 6) is -1.10. The van der Waals surface area contributed by atoms with Gasteiger partial charge in [-0.2, -0.15) is 0 Å². The Kier molecular flexibility index (Phi) is 7.32. The van der Waals surface area contributed by atoms with Crippen molar-refractivity contribution >= 4 is 17.5 Å². The number of hydrogen-bond donors (Lipinski definition) is 2. The van der Waals surface area contributed by atoms with E-state index in [0.717, 1.165) is 30.0 Å². The molecular formula is C17H30FN3O3. The van der Waals surface area contributed by atoms with E-state index in [4.69, 9.17) is 0 Å². The van der Waals surface area contributed by atoms with Crippen LogP contribution in [0.5, 0.6) is 0 Å². The summed E-state index contributed by atoms with van der Waals surface area (Å²) < 4.78 is 13.8. The van der Waals surface area contributed by atoms with Crippen molar-refractivity contribution in [2.45, 2.75) is 77.7 Å². The van der Waals surface area contributed by atoms with Gasteiger partial charge in [0, 0.05) is 31.3 Å². The summed E-state index contributed by atoms with van der Waals surface area (Å²) in [5.41, 5.74) is -0.153. The molecule has 1 unspecified atom stereocenters. The number of hydrogen-bond acceptors (Lipinski definition) is 4. The first-order chi connectivity index (χ1) is 11.0. The Bertz CT molecular complexity index is 488. The van der Waals surface area contributed by atoms with Crippen LogP contribution in [-0.2, 0) is 9.59 Å². The van der Waals surface area contributed by atoms with Gasteiger partial charge in [-0.1, -0.05) is 0 Å². The number of alkyl halides is 1. The van der Waals surface area contributed by atoms with E-state index in [9.17, 15) is 19.1 Å². The Morgan fingerprint density at radius 3 is 2.71 bits per heavy atom. The van der Waals surface area contributed by atoms with Crippen molar-refractivity contribution in [3.63, 3.8) is 0 Å². The first-order valence-electron chi connectivity index (χ1n) is 8.52. The zero-order valence-electron chi connectivity index (χ0n) is 15.3. The zero-order chi connectivity index (χ0) is 18.5. The maximum Gasteiger partial charge on any atom is 0.257 e. The van der Waals surface area contributed by atoms with E-state index in [-0.39, 0.29) is 24.9 Å². The lowest BCUT2D eigenvalue weighted by molar-refractivity contribution is -0.140. The minimum Gasteiger partial charge on any atom is -0.389 e. The topological polar surface area (TPSA) is 82.0 Å². The predicted octanol–water partition coefficient (Wildman–Crippen LogP) is 1.46. The van der Waals surface area contributed by atoms with Crippen LogP contribution in [-0.4, -0.2) is 64.5 Å². The molecule has 2 N–H and O–H groups in total. The highest BCUT2D eigenvalue weighted by Crippen LogP contribution is 2.24. The van der Waals surface area contributed by atoms with Gasteiger partial charge in [0.25, 0.3) is 5.91 Å². The van der Waals surface area contributed by atoms with Gasteiger partial charge >= 0.3 is 0 Å². The molecule has 1 saturated heterocycles. The van der Waals surface area contributed by atoms with Crippen LogP contribution in [0.1, 0.15) is 53.9 Å². The molecule has 1 aliphatic heterocycles. The lowest BCUT2D eigenvalue weighted by Crippen LogP contribution is -2.51. The number of aliphatic imine (C=N–C) groups is 1. The van der Waals surface area contributed by atoms with E-state index in [1.807, 2.05) is 20.8 Å². The summed E-state index contributed by atoms with van der Waals surface area (Å²) >= 11 is 0. The zero-order valence-corrected chi connectivity index (χ0v) is 15.3. The van der Waals surface area contributed by atoms with Gasteiger partial charge < -0.3 is 15.3 Å². The summed E-state index contributed by atoms with van der Waals surface area (Å²) in [7, 11) is 0. The fraction of sp³-hybridized carbons (Fsp3) is 0.824. The second-order valence-electron chi connectivity index (χ2n) is 7.16. The van der Waals surface area contributed by atoms with Gasteiger partial charge in [0.05, 0.1) is 5.60 Å². The van der Waals surface area contributed by atoms with Crippen LogP contribution in [0.3, 0.4) is 0 Å². The SMILES string of the molecule is CCN=C(C)CCC(C)NC(=O)[C@@H]1C[C@@H](F)C(=O)N1CC(C)(C)O. The number of carbonyl (C=O) groups excluding carboxylic acids is 2. The van der Waals surface area contributed by atoms with E-state index < -0.39 is 23.7 Å². The molecule has 0 bridgehead atoms. The fourth-order valence-corrected chi connectivity index (χ4v) is 2.80. The Morgan fingerprint density at radius 2 is 2.17 bits per heavy atom. The highest BCUT2D eigenvalue weighted by molar-refractivity contribution is 5.93. The smallest absolute Gasteiger partial charge is 0.257 e. The van der Waals surface area contributed by atoms with Crippen molar-refractivity contribution in [2.75, 3.05) is 13.1 Å². The number of rotatable bonds is 8. The Hall–Kier alpha value is -1.50. The van der Waals surface area contributed by atoms with Crippen LogP contribution in [0.15, 0.2) is 4.99 Å². The van der Waals surface area contributed by atoms with E-state index in [0.29, 0.717) is 0 Å². The number of halogens is 1. The standard InChI is InChI=1S/C17H30FN3O3/c1-6-19-11(2)7-8-12(3)20-15(22)14-9-13(18)16(23)21(14)10-17(4,5)24/h12-14,24H,6-10H2,1-5H3,(H,20,22)/t12?,13-,14+/m1/s1. The van der Waals surface area contributed by atoms with E-state index >= 15 is 0 Å². The quantitative estimate of drug-likeness (QED) is 0.655. The molecular weight excluding hydrogens is 313 g/mol. The van der Waals surface area contributed by atoms with Crippen LogP contribution >= 0.6 is 0 Å². The molecule has 0 saturated carbocycles. The highest BCUT2D eigenvalue weighted by atomic mass is 19.1. The third-order valence-electron chi connectivity index (χ3n) is 3.97. The van der Waals surface area contributed by atoms with Gasteiger partial charge in [-0.3, -0.25) is 14.6 Å². The third-order valence-corrected chi connectivity index (χ3v) is 3.97. The molecule has 0 aromatic rings. The molecule has 1 aliphatic rings. The molecule has 0 aromatic carbocycles. The molecule has 138 valence electrons. The van der Waals surface area contributed by atoms with Crippen molar-refractivity contribution in [3.8, 4) is 0 Å². The lowest BCUT2D eigenvalue weighted by atomic mass is 10.1. The van der Waals surface area contributed by atoms with Crippen LogP contribution in [0.2, 0.25) is 0 Å². The van der Waals surface area contributed by atoms with Crippen molar-refractivity contribution in [2.24, 2.45) is 4.99 Å². The van der Waals surface area contributed by atoms with Gasteiger partial charge in [0.1, 0.15) is 6.04 Å². The Morgan fingerprint density at radius 1 is 1.54 bits per heavy atom. The molecule has 1 rings (SSSR count). The average Bonchev–Trinajstić information content (AvgIpc) is 2.72. The summed E-state index contributed by atoms with van der Waals surface area (Å²) in [6.45, 7) is 9.52. The van der Waals surface area contributed by atoms with Crippen molar-refractivity contribution in [1.29, 1.82) is 0 Å². The normalized spacial score (nSPS) is 23.5. The molecule has 1 fully saturated rings. The van der Waals surface area contributed by atoms with E-state index in [1.54, 1.807) is 0 Å². The molecule has 0 radical (unpaired) electrons. The van der Waals surface area contributed by atoms with Crippen LogP contribution in [0, 0.1) is 0 Å². The molecule has 1 heterocycles. The predicted molar refractivity (Wildman–Crippen MR) is 91.8 cm³/mol. The molecule has 2 amide bonds. The van der Waals surface area contributed by atoms with E-state index in [1.165, 1.54) is 13.8 Å². The summed E-state index contributed by atoms with van der Waals surface area (Å²) in [6, 6.07) is -0.968. The van der Waals surface area contributed by atoms with Crippen LogP contribution in [0.4, 0.5) is 4.39 Å². The monoisotopic (exact) mass is 343 g/mol. The maximum atomic E-state index is 13.8. The van der Waals surface area contributed by atoms with E-state index in [2.05, 4.69) is 10.3 Å². The number of carbonyl (C=O) groups is 2. The Balaban J connectivity index is 2.64. The molecule has 0 aliphatic carbocycles. The van der Waals surface area contributed by atoms with Crippen molar-refractivity contribution in [1.82, 2.24) is 10.2 Å². The summed E-state index contributed by atoms with van der Waals surface area (Å²) in [6.07, 6.45) is -0.342. The number of likely N-dealkylation sites (tertiary alicyclic amines) is 1. The van der Waals surface area contributed by atoms with Gasteiger partial charge in [0.15, 0.2) is 6.17 Å². The minimum atomic E-state index is -1.68. The van der Waals surface area contributed by atoms with Crippen molar-refractivity contribution in [3.05, 3.63) is 0 Å². The summed E-state index contributed by atoms with van der Waals surface area (Å²) in [5, 5.41) is 12.7. The second kappa shape index (κ2) is 8.55. The van der Waals surface area contributed by atoms with Gasteiger partial charge in [-0.05, 0) is 47.5 Å². The van der Waals surface area contributed by atoms with Gasteiger partial charge in [-0.15, -0.1) is 0 Å². The number of nitrogens with zero attached hydrogens (tertiary/aromatic N) is 2. The lowest BCUT2D eigenvalue weighted by Gasteiger charge is -2.30. The van der Waals surface area contributed by atoms with Gasteiger partial charge in [0.2, 0.25) is 5.91 Å². The minimum absolute atomic E-state index is 0.0685. The fourth-order valence-electron chi connectivity index (χ4n) is 2.80. The number of nitrogens with one attached hydrogen (secondary N) is 1. The Labute approximate surface area is 143 Å². The number of amides is 2. The van der Waals surface area contributed by atoms with Crippen LogP contribution in [0.25, 0.3) is 0 Å². The molecule has 24 heavy (non-hydrogen) atoms. The summed E-state index contributed by atoms with van der Waals surface area (Å²) in [4.78, 5) is 29.8. The second-order valence-corrected chi connectivity index (χ2v) is 7.16. The van der Waals surface area contributed by atoms with Crippen molar-refractivity contribution < 1.29 is 19.1 Å². The molecule has 3 atom stereocenters. The molecule has 7 heteroatoms. The molecule has 0 aromatic heterocycles.